The topological polar surface area (TPSA) is 67.0 Å². The molecule has 0 aliphatic carbocycles. The fourth-order valence-corrected chi connectivity index (χ4v) is 2.57. The molecule has 1 amide bonds. The maximum absolute atomic E-state index is 12.3. The molecule has 0 unspecified atom stereocenters. The fraction of sp³-hybridized carbons (Fsp3) is 0.118. The summed E-state index contributed by atoms with van der Waals surface area (Å²) in [5.41, 5.74) is 2.22. The van der Waals surface area contributed by atoms with Crippen molar-refractivity contribution >= 4 is 29.0 Å². The van der Waals surface area contributed by atoms with Gasteiger partial charge >= 0.3 is 0 Å². The highest BCUT2D eigenvalue weighted by Gasteiger charge is 2.10. The number of aromatic amines is 1. The molecular weight excluding hydrogens is 310 g/mol. The molecule has 0 radical (unpaired) electrons. The number of ether oxygens (including phenoxy) is 1. The summed E-state index contributed by atoms with van der Waals surface area (Å²) in [6, 6.07) is 13.0. The van der Waals surface area contributed by atoms with E-state index in [0.29, 0.717) is 22.6 Å². The number of H-pyrrole nitrogens is 1. The molecule has 0 saturated carbocycles. The Kier molecular flexibility index (Phi) is 4.34. The van der Waals surface area contributed by atoms with Crippen LogP contribution in [0.3, 0.4) is 0 Å². The quantitative estimate of drug-likeness (QED) is 0.723. The lowest BCUT2D eigenvalue weighted by Gasteiger charge is -2.10. The number of fused-ring (bicyclic) bond motifs is 1. The van der Waals surface area contributed by atoms with Crippen LogP contribution >= 0.6 is 12.2 Å². The van der Waals surface area contributed by atoms with Crippen LogP contribution < -0.4 is 10.1 Å². The van der Waals surface area contributed by atoms with E-state index in [1.165, 1.54) is 0 Å². The van der Waals surface area contributed by atoms with Crippen molar-refractivity contribution in [1.29, 1.82) is 0 Å². The molecule has 3 rings (SSSR count). The van der Waals surface area contributed by atoms with Gasteiger partial charge in [0, 0.05) is 24.2 Å². The van der Waals surface area contributed by atoms with E-state index in [1.54, 1.807) is 25.4 Å². The number of rotatable bonds is 4. The van der Waals surface area contributed by atoms with Crippen LogP contribution in [-0.2, 0) is 6.54 Å². The van der Waals surface area contributed by atoms with Gasteiger partial charge in [0.05, 0.1) is 18.2 Å². The van der Waals surface area contributed by atoms with Crippen LogP contribution in [0.15, 0.2) is 48.7 Å². The highest BCUT2D eigenvalue weighted by atomic mass is 32.1. The van der Waals surface area contributed by atoms with Gasteiger partial charge in [-0.15, -0.1) is 0 Å². The molecule has 3 aromatic rings. The summed E-state index contributed by atoms with van der Waals surface area (Å²) in [4.78, 5) is 19.5. The number of para-hydroxylation sites is 1. The zero-order valence-electron chi connectivity index (χ0n) is 12.5. The van der Waals surface area contributed by atoms with Crippen LogP contribution in [0, 0.1) is 4.64 Å². The minimum Gasteiger partial charge on any atom is -0.481 e. The van der Waals surface area contributed by atoms with Gasteiger partial charge in [-0.2, -0.15) is 0 Å². The Balaban J connectivity index is 1.88. The lowest BCUT2D eigenvalue weighted by Crippen LogP contribution is -2.23. The second-order valence-electron chi connectivity index (χ2n) is 4.94. The maximum atomic E-state index is 12.3. The number of pyridine rings is 2. The zero-order valence-corrected chi connectivity index (χ0v) is 13.3. The largest absolute Gasteiger partial charge is 0.481 e. The summed E-state index contributed by atoms with van der Waals surface area (Å²) < 4.78 is 5.65. The number of nitrogens with one attached hydrogen (secondary N) is 2. The van der Waals surface area contributed by atoms with E-state index < -0.39 is 0 Å². The summed E-state index contributed by atoms with van der Waals surface area (Å²) in [5, 5.41) is 3.87. The van der Waals surface area contributed by atoms with Gasteiger partial charge in [-0.3, -0.25) is 4.79 Å². The van der Waals surface area contributed by atoms with E-state index in [1.807, 2.05) is 30.3 Å². The third-order valence-electron chi connectivity index (χ3n) is 3.49. The Hall–Kier alpha value is -2.73. The van der Waals surface area contributed by atoms with Gasteiger partial charge in [-0.1, -0.05) is 30.4 Å². The van der Waals surface area contributed by atoms with Crippen LogP contribution in [-0.4, -0.2) is 23.0 Å². The molecule has 0 saturated heterocycles. The fourth-order valence-electron chi connectivity index (χ4n) is 2.34. The Morgan fingerprint density at radius 3 is 2.91 bits per heavy atom. The van der Waals surface area contributed by atoms with Gasteiger partial charge in [0.25, 0.3) is 5.91 Å². The lowest BCUT2D eigenvalue weighted by molar-refractivity contribution is 0.0950. The first-order valence-electron chi connectivity index (χ1n) is 7.07. The molecule has 0 fully saturated rings. The summed E-state index contributed by atoms with van der Waals surface area (Å²) in [7, 11) is 1.57. The van der Waals surface area contributed by atoms with Crippen molar-refractivity contribution in [1.82, 2.24) is 15.3 Å². The van der Waals surface area contributed by atoms with Crippen molar-refractivity contribution in [3.05, 3.63) is 64.4 Å². The zero-order chi connectivity index (χ0) is 16.2. The Labute approximate surface area is 138 Å². The van der Waals surface area contributed by atoms with Crippen LogP contribution in [0.1, 0.15) is 15.9 Å². The molecule has 0 spiro atoms. The van der Waals surface area contributed by atoms with E-state index >= 15 is 0 Å². The average molecular weight is 325 g/mol. The molecule has 0 aliphatic rings. The van der Waals surface area contributed by atoms with Gasteiger partial charge in [0.1, 0.15) is 4.64 Å². The molecule has 1 aromatic carbocycles. The highest BCUT2D eigenvalue weighted by Crippen LogP contribution is 2.21. The first kappa shape index (κ1) is 15.2. The third-order valence-corrected chi connectivity index (χ3v) is 3.83. The molecule has 23 heavy (non-hydrogen) atoms. The van der Waals surface area contributed by atoms with Crippen LogP contribution in [0.2, 0.25) is 0 Å². The van der Waals surface area contributed by atoms with E-state index in [2.05, 4.69) is 15.3 Å². The molecule has 6 heteroatoms. The Morgan fingerprint density at radius 2 is 2.13 bits per heavy atom. The number of aromatic nitrogens is 2. The number of nitrogens with zero attached hydrogens (tertiary/aromatic N) is 1. The predicted molar refractivity (Wildman–Crippen MR) is 91.1 cm³/mol. The Morgan fingerprint density at radius 1 is 1.30 bits per heavy atom. The van der Waals surface area contributed by atoms with Crippen molar-refractivity contribution in [3.8, 4) is 5.88 Å². The van der Waals surface area contributed by atoms with E-state index in [0.717, 1.165) is 16.5 Å². The first-order valence-corrected chi connectivity index (χ1v) is 7.48. The van der Waals surface area contributed by atoms with E-state index in [4.69, 9.17) is 17.0 Å². The smallest absolute Gasteiger partial charge is 0.254 e. The van der Waals surface area contributed by atoms with Crippen molar-refractivity contribution in [2.24, 2.45) is 0 Å². The lowest BCUT2D eigenvalue weighted by atomic mass is 10.1. The van der Waals surface area contributed by atoms with Crippen molar-refractivity contribution in [2.75, 3.05) is 7.11 Å². The van der Waals surface area contributed by atoms with Gasteiger partial charge in [-0.05, 0) is 23.8 Å². The number of amides is 1. The monoisotopic (exact) mass is 325 g/mol. The van der Waals surface area contributed by atoms with Crippen molar-refractivity contribution in [3.63, 3.8) is 0 Å². The summed E-state index contributed by atoms with van der Waals surface area (Å²) in [6.07, 6.45) is 1.69. The average Bonchev–Trinajstić information content (AvgIpc) is 2.59. The highest BCUT2D eigenvalue weighted by molar-refractivity contribution is 7.71. The molecule has 0 atom stereocenters. The second kappa shape index (κ2) is 6.58. The molecule has 0 bridgehead atoms. The van der Waals surface area contributed by atoms with Crippen LogP contribution in [0.4, 0.5) is 0 Å². The SMILES string of the molecule is COc1cc(CNC(=O)c2ccc[nH]c2=S)c2ccccc2n1. The number of hydrogen-bond donors (Lipinski definition) is 2. The maximum Gasteiger partial charge on any atom is 0.254 e. The molecule has 116 valence electrons. The summed E-state index contributed by atoms with van der Waals surface area (Å²) >= 11 is 5.13. The molecule has 2 aromatic heterocycles. The summed E-state index contributed by atoms with van der Waals surface area (Å²) in [6.45, 7) is 0.363. The minimum absolute atomic E-state index is 0.216. The molecule has 0 aliphatic heterocycles. The molecular formula is C17H15N3O2S. The Bertz CT molecular complexity index is 921. The molecule has 5 nitrogen and oxygen atoms in total. The van der Waals surface area contributed by atoms with Gasteiger partial charge in [0.15, 0.2) is 0 Å². The predicted octanol–water partition coefficient (Wildman–Crippen LogP) is 3.23. The normalized spacial score (nSPS) is 10.5. The van der Waals surface area contributed by atoms with Gasteiger partial charge < -0.3 is 15.0 Å². The third kappa shape index (κ3) is 3.22. The van der Waals surface area contributed by atoms with Gasteiger partial charge in [0.2, 0.25) is 5.88 Å². The number of hydrogen-bond acceptors (Lipinski definition) is 4. The molecule has 2 N–H and O–H groups in total. The number of carbonyl (C=O) groups excluding carboxylic acids is 1. The standard InChI is InChI=1S/C17H15N3O2S/c1-22-15-9-11(12-5-2-3-7-14(12)20-15)10-19-16(21)13-6-4-8-18-17(13)23/h2-9H,10H2,1H3,(H,18,23)(H,19,21). The van der Waals surface area contributed by atoms with E-state index in [-0.39, 0.29) is 5.91 Å². The van der Waals surface area contributed by atoms with Crippen LogP contribution in [0.25, 0.3) is 10.9 Å². The summed E-state index contributed by atoms with van der Waals surface area (Å²) in [5.74, 6) is 0.302. The number of methoxy groups -OCH3 is 1. The van der Waals surface area contributed by atoms with E-state index in [9.17, 15) is 4.79 Å². The van der Waals surface area contributed by atoms with Crippen molar-refractivity contribution < 1.29 is 9.53 Å². The minimum atomic E-state index is -0.216. The molecule has 2 heterocycles. The number of carbonyl (C=O) groups is 1. The van der Waals surface area contributed by atoms with Crippen LogP contribution in [0.5, 0.6) is 5.88 Å². The number of benzene rings is 1. The van der Waals surface area contributed by atoms with Crippen molar-refractivity contribution in [2.45, 2.75) is 6.54 Å². The second-order valence-corrected chi connectivity index (χ2v) is 5.34. The first-order chi connectivity index (χ1) is 11.2. The van der Waals surface area contributed by atoms with Gasteiger partial charge in [-0.25, -0.2) is 4.98 Å².